The molecule has 114 valence electrons. The first-order valence-corrected chi connectivity index (χ1v) is 8.51. The molecule has 1 heteroatoms. The van der Waals surface area contributed by atoms with Gasteiger partial charge in [0, 0.05) is 6.04 Å². The predicted octanol–water partition coefficient (Wildman–Crippen LogP) is 5.27. The van der Waals surface area contributed by atoms with E-state index in [1.807, 2.05) is 0 Å². The van der Waals surface area contributed by atoms with E-state index in [0.29, 0.717) is 6.04 Å². The summed E-state index contributed by atoms with van der Waals surface area (Å²) in [5.74, 6) is 0. The Balaban J connectivity index is 2.01. The molecule has 1 aromatic carbocycles. The van der Waals surface area contributed by atoms with Crippen molar-refractivity contribution in [2.75, 3.05) is 6.54 Å². The number of aryl methyl sites for hydroxylation is 2. The van der Waals surface area contributed by atoms with E-state index < -0.39 is 0 Å². The van der Waals surface area contributed by atoms with Crippen LogP contribution in [0.25, 0.3) is 0 Å². The quantitative estimate of drug-likeness (QED) is 0.543. The van der Waals surface area contributed by atoms with Gasteiger partial charge < -0.3 is 5.32 Å². The minimum atomic E-state index is 0.631. The van der Waals surface area contributed by atoms with Gasteiger partial charge in [-0.15, -0.1) is 0 Å². The summed E-state index contributed by atoms with van der Waals surface area (Å²) in [6.45, 7) is 7.94. The van der Waals surface area contributed by atoms with Gasteiger partial charge in [-0.2, -0.15) is 0 Å². The fraction of sp³-hybridized carbons (Fsp3) is 0.684. The van der Waals surface area contributed by atoms with Crippen LogP contribution in [0.2, 0.25) is 0 Å². The maximum Gasteiger partial charge on any atom is 0.00418 e. The molecule has 0 aliphatic heterocycles. The Hall–Kier alpha value is -0.820. The van der Waals surface area contributed by atoms with Crippen molar-refractivity contribution < 1.29 is 0 Å². The van der Waals surface area contributed by atoms with Crippen LogP contribution < -0.4 is 5.32 Å². The predicted molar refractivity (Wildman–Crippen MR) is 90.3 cm³/mol. The molecule has 1 rings (SSSR count). The molecule has 1 atom stereocenters. The Bertz CT molecular complexity index is 345. The number of rotatable bonds is 11. The molecule has 1 unspecified atom stereocenters. The van der Waals surface area contributed by atoms with E-state index in [1.54, 1.807) is 0 Å². The molecule has 20 heavy (non-hydrogen) atoms. The molecule has 0 aliphatic rings. The number of unbranched alkanes of at least 4 members (excludes halogenated alkanes) is 5. The molecule has 0 bridgehead atoms. The van der Waals surface area contributed by atoms with E-state index in [0.717, 1.165) is 0 Å². The highest BCUT2D eigenvalue weighted by Crippen LogP contribution is 2.08. The van der Waals surface area contributed by atoms with Crippen molar-refractivity contribution in [1.82, 2.24) is 5.32 Å². The molecular formula is C19H33N. The van der Waals surface area contributed by atoms with Crippen LogP contribution in [0.5, 0.6) is 0 Å². The third-order valence-corrected chi connectivity index (χ3v) is 3.97. The lowest BCUT2D eigenvalue weighted by Gasteiger charge is -2.14. The monoisotopic (exact) mass is 275 g/mol. The van der Waals surface area contributed by atoms with Gasteiger partial charge in [0.1, 0.15) is 0 Å². The minimum absolute atomic E-state index is 0.631. The van der Waals surface area contributed by atoms with Gasteiger partial charge in [-0.25, -0.2) is 0 Å². The lowest BCUT2D eigenvalue weighted by Crippen LogP contribution is -2.27. The minimum Gasteiger partial charge on any atom is -0.314 e. The fourth-order valence-corrected chi connectivity index (χ4v) is 2.61. The molecule has 1 N–H and O–H groups in total. The van der Waals surface area contributed by atoms with E-state index in [-0.39, 0.29) is 0 Å². The second kappa shape index (κ2) is 10.9. The molecule has 1 nitrogen and oxygen atoms in total. The van der Waals surface area contributed by atoms with Gasteiger partial charge in [0.15, 0.2) is 0 Å². The molecule has 0 aliphatic carbocycles. The molecule has 1 aromatic rings. The highest BCUT2D eigenvalue weighted by Gasteiger charge is 2.02. The average molecular weight is 275 g/mol. The molecule has 0 spiro atoms. The summed E-state index contributed by atoms with van der Waals surface area (Å²) in [5.41, 5.74) is 2.84. The molecule has 0 fully saturated rings. The summed E-state index contributed by atoms with van der Waals surface area (Å²) in [5, 5.41) is 3.66. The first-order chi connectivity index (χ1) is 9.72. The van der Waals surface area contributed by atoms with Crippen molar-refractivity contribution in [1.29, 1.82) is 0 Å². The first-order valence-electron chi connectivity index (χ1n) is 8.51. The van der Waals surface area contributed by atoms with Crippen LogP contribution in [0.1, 0.15) is 69.9 Å². The summed E-state index contributed by atoms with van der Waals surface area (Å²) in [6.07, 6.45) is 10.7. The van der Waals surface area contributed by atoms with Crippen LogP contribution in [-0.4, -0.2) is 12.6 Å². The Morgan fingerprint density at radius 2 is 1.80 bits per heavy atom. The largest absolute Gasteiger partial charge is 0.314 e. The number of nitrogens with one attached hydrogen (secondary N) is 1. The average Bonchev–Trinajstić information content (AvgIpc) is 2.44. The highest BCUT2D eigenvalue weighted by atomic mass is 14.9. The summed E-state index contributed by atoms with van der Waals surface area (Å²) in [7, 11) is 0. The molecule has 0 aromatic heterocycles. The van der Waals surface area contributed by atoms with Crippen LogP contribution in [0.4, 0.5) is 0 Å². The maximum absolute atomic E-state index is 3.66. The van der Waals surface area contributed by atoms with Gasteiger partial charge in [0.2, 0.25) is 0 Å². The van der Waals surface area contributed by atoms with Gasteiger partial charge >= 0.3 is 0 Å². The van der Waals surface area contributed by atoms with Gasteiger partial charge in [0.05, 0.1) is 0 Å². The summed E-state index contributed by atoms with van der Waals surface area (Å²) >= 11 is 0. The molecule has 0 saturated heterocycles. The second-order valence-corrected chi connectivity index (χ2v) is 6.15. The smallest absolute Gasteiger partial charge is 0.00418 e. The number of hydrogen-bond donors (Lipinski definition) is 1. The van der Waals surface area contributed by atoms with E-state index in [2.05, 4.69) is 50.4 Å². The standard InChI is InChI=1S/C19H33N/c1-4-5-6-7-8-9-15-20-18(3)13-14-19-12-10-11-17(2)16-19/h10-12,16,18,20H,4-9,13-15H2,1-3H3. The van der Waals surface area contributed by atoms with Crippen LogP contribution in [0.15, 0.2) is 24.3 Å². The van der Waals surface area contributed by atoms with Gasteiger partial charge in [-0.3, -0.25) is 0 Å². The van der Waals surface area contributed by atoms with Crippen molar-refractivity contribution in [3.05, 3.63) is 35.4 Å². The molecule has 0 amide bonds. The lowest BCUT2D eigenvalue weighted by molar-refractivity contribution is 0.491. The molecular weight excluding hydrogens is 242 g/mol. The lowest BCUT2D eigenvalue weighted by atomic mass is 10.0. The Kier molecular flexibility index (Phi) is 9.40. The van der Waals surface area contributed by atoms with Crippen LogP contribution in [0, 0.1) is 6.92 Å². The Morgan fingerprint density at radius 1 is 1.05 bits per heavy atom. The van der Waals surface area contributed by atoms with E-state index in [4.69, 9.17) is 0 Å². The third kappa shape index (κ3) is 8.37. The van der Waals surface area contributed by atoms with E-state index >= 15 is 0 Å². The van der Waals surface area contributed by atoms with Gasteiger partial charge in [-0.05, 0) is 45.2 Å². The normalized spacial score (nSPS) is 12.6. The summed E-state index contributed by atoms with van der Waals surface area (Å²) in [4.78, 5) is 0. The van der Waals surface area contributed by atoms with E-state index in [1.165, 1.54) is 69.0 Å². The zero-order valence-electron chi connectivity index (χ0n) is 13.8. The van der Waals surface area contributed by atoms with Crippen molar-refractivity contribution in [2.45, 2.75) is 78.2 Å². The molecule has 0 saturated carbocycles. The van der Waals surface area contributed by atoms with Crippen LogP contribution >= 0.6 is 0 Å². The topological polar surface area (TPSA) is 12.0 Å². The number of hydrogen-bond acceptors (Lipinski definition) is 1. The number of benzene rings is 1. The molecule has 0 heterocycles. The van der Waals surface area contributed by atoms with Crippen molar-refractivity contribution in [3.63, 3.8) is 0 Å². The maximum atomic E-state index is 3.66. The Labute approximate surface area is 126 Å². The fourth-order valence-electron chi connectivity index (χ4n) is 2.61. The molecule has 0 radical (unpaired) electrons. The van der Waals surface area contributed by atoms with Gasteiger partial charge in [-0.1, -0.05) is 68.9 Å². The van der Waals surface area contributed by atoms with Crippen molar-refractivity contribution >= 4 is 0 Å². The highest BCUT2D eigenvalue weighted by molar-refractivity contribution is 5.22. The second-order valence-electron chi connectivity index (χ2n) is 6.15. The Morgan fingerprint density at radius 3 is 2.55 bits per heavy atom. The van der Waals surface area contributed by atoms with Crippen LogP contribution in [0.3, 0.4) is 0 Å². The van der Waals surface area contributed by atoms with Gasteiger partial charge in [0.25, 0.3) is 0 Å². The SMILES string of the molecule is CCCCCCCCNC(C)CCc1cccc(C)c1. The zero-order valence-corrected chi connectivity index (χ0v) is 13.8. The summed E-state index contributed by atoms with van der Waals surface area (Å²) in [6, 6.07) is 9.52. The van der Waals surface area contributed by atoms with E-state index in [9.17, 15) is 0 Å². The third-order valence-electron chi connectivity index (χ3n) is 3.97. The van der Waals surface area contributed by atoms with Crippen LogP contribution in [-0.2, 0) is 6.42 Å². The van der Waals surface area contributed by atoms with Crippen molar-refractivity contribution in [3.8, 4) is 0 Å². The zero-order chi connectivity index (χ0) is 14.6. The summed E-state index contributed by atoms with van der Waals surface area (Å²) < 4.78 is 0. The first kappa shape index (κ1) is 17.2. The van der Waals surface area contributed by atoms with Crippen molar-refractivity contribution in [2.24, 2.45) is 0 Å².